The van der Waals surface area contributed by atoms with Crippen molar-refractivity contribution in [2.24, 2.45) is 11.7 Å². The molecule has 0 aromatic rings. The molecule has 0 spiro atoms. The van der Waals surface area contributed by atoms with Gasteiger partial charge in [0.25, 0.3) is 5.91 Å². The number of carbonyl (C=O) groups excluding carboxylic acids is 2. The van der Waals surface area contributed by atoms with Crippen LogP contribution in [-0.4, -0.2) is 30.5 Å². The highest BCUT2D eigenvalue weighted by Gasteiger charge is 2.32. The molecule has 1 heterocycles. The molecular formula is C9H15N3O3. The highest BCUT2D eigenvalue weighted by molar-refractivity contribution is 5.89. The molecule has 6 nitrogen and oxygen atoms in total. The van der Waals surface area contributed by atoms with Gasteiger partial charge in [-0.3, -0.25) is 14.4 Å². The first-order chi connectivity index (χ1) is 7.16. The zero-order valence-electron chi connectivity index (χ0n) is 8.36. The molecule has 6 heteroatoms. The second-order valence-electron chi connectivity index (χ2n) is 4.11. The third-order valence-electron chi connectivity index (χ3n) is 2.90. The van der Waals surface area contributed by atoms with Crippen LogP contribution in [0.3, 0.4) is 0 Å². The molecule has 84 valence electrons. The van der Waals surface area contributed by atoms with Crippen LogP contribution in [0, 0.1) is 5.92 Å². The van der Waals surface area contributed by atoms with Gasteiger partial charge in [-0.1, -0.05) is 0 Å². The number of hydrogen-bond donors (Lipinski definition) is 3. The standard InChI is InChI=1S/C9H15N3O3/c10-6-2-1-5(3-6)8(13)11-7-4-15-12-9(7)14/h5-7H,1-4,10H2,(H,11,13)(H,12,14)/t5?,6?,7-/m1/s1. The van der Waals surface area contributed by atoms with Crippen molar-refractivity contribution >= 4 is 11.8 Å². The van der Waals surface area contributed by atoms with Crippen molar-refractivity contribution in [3.63, 3.8) is 0 Å². The average Bonchev–Trinajstić information content (AvgIpc) is 2.77. The normalized spacial score (nSPS) is 35.3. The number of nitrogens with one attached hydrogen (secondary N) is 2. The van der Waals surface area contributed by atoms with Gasteiger partial charge in [-0.2, -0.15) is 0 Å². The van der Waals surface area contributed by atoms with E-state index in [1.165, 1.54) is 0 Å². The van der Waals surface area contributed by atoms with Crippen molar-refractivity contribution in [1.82, 2.24) is 10.8 Å². The van der Waals surface area contributed by atoms with Crippen molar-refractivity contribution < 1.29 is 14.4 Å². The summed E-state index contributed by atoms with van der Waals surface area (Å²) in [7, 11) is 0. The van der Waals surface area contributed by atoms with Crippen molar-refractivity contribution in [2.45, 2.75) is 31.3 Å². The molecule has 2 rings (SSSR count). The molecule has 2 unspecified atom stereocenters. The summed E-state index contributed by atoms with van der Waals surface area (Å²) in [6.07, 6.45) is 2.40. The van der Waals surface area contributed by atoms with Gasteiger partial charge in [0, 0.05) is 12.0 Å². The van der Waals surface area contributed by atoms with Crippen LogP contribution in [0.15, 0.2) is 0 Å². The predicted molar refractivity (Wildman–Crippen MR) is 51.3 cm³/mol. The van der Waals surface area contributed by atoms with Crippen LogP contribution < -0.4 is 16.5 Å². The Bertz CT molecular complexity index is 282. The van der Waals surface area contributed by atoms with Crippen molar-refractivity contribution in [1.29, 1.82) is 0 Å². The smallest absolute Gasteiger partial charge is 0.268 e. The Kier molecular flexibility index (Phi) is 2.88. The van der Waals surface area contributed by atoms with Gasteiger partial charge in [0.05, 0.1) is 0 Å². The zero-order valence-corrected chi connectivity index (χ0v) is 8.36. The van der Waals surface area contributed by atoms with E-state index in [4.69, 9.17) is 10.6 Å². The van der Waals surface area contributed by atoms with E-state index in [-0.39, 0.29) is 30.4 Å². The molecule has 1 saturated heterocycles. The Morgan fingerprint density at radius 3 is 2.87 bits per heavy atom. The summed E-state index contributed by atoms with van der Waals surface area (Å²) in [5.41, 5.74) is 7.91. The molecule has 0 aromatic heterocycles. The third kappa shape index (κ3) is 2.27. The lowest BCUT2D eigenvalue weighted by Gasteiger charge is -2.12. The molecule has 3 atom stereocenters. The Labute approximate surface area is 87.5 Å². The van der Waals surface area contributed by atoms with E-state index < -0.39 is 6.04 Å². The fraction of sp³-hybridized carbons (Fsp3) is 0.778. The lowest BCUT2D eigenvalue weighted by molar-refractivity contribution is -0.130. The van der Waals surface area contributed by atoms with Gasteiger partial charge in [-0.05, 0) is 19.3 Å². The molecule has 0 bridgehead atoms. The van der Waals surface area contributed by atoms with Crippen LogP contribution in [0.4, 0.5) is 0 Å². The summed E-state index contributed by atoms with van der Waals surface area (Å²) in [4.78, 5) is 27.5. The molecule has 1 saturated carbocycles. The van der Waals surface area contributed by atoms with Crippen molar-refractivity contribution in [2.75, 3.05) is 6.61 Å². The van der Waals surface area contributed by atoms with Crippen LogP contribution in [0.5, 0.6) is 0 Å². The van der Waals surface area contributed by atoms with Gasteiger partial charge in [0.15, 0.2) is 0 Å². The van der Waals surface area contributed by atoms with Crippen molar-refractivity contribution in [3.8, 4) is 0 Å². The molecule has 2 aliphatic rings. The van der Waals surface area contributed by atoms with Gasteiger partial charge in [-0.15, -0.1) is 0 Å². The number of amides is 2. The summed E-state index contributed by atoms with van der Waals surface area (Å²) in [5, 5.41) is 2.66. The van der Waals surface area contributed by atoms with Crippen LogP contribution in [0.2, 0.25) is 0 Å². The fourth-order valence-corrected chi connectivity index (χ4v) is 1.99. The first kappa shape index (κ1) is 10.4. The van der Waals surface area contributed by atoms with Gasteiger partial charge < -0.3 is 11.1 Å². The molecule has 15 heavy (non-hydrogen) atoms. The van der Waals surface area contributed by atoms with Crippen LogP contribution in [0.1, 0.15) is 19.3 Å². The quantitative estimate of drug-likeness (QED) is 0.529. The molecule has 0 aromatic carbocycles. The van der Waals surface area contributed by atoms with Crippen LogP contribution in [-0.2, 0) is 14.4 Å². The SMILES string of the molecule is NC1CCC(C(=O)N[C@@H]2CONC2=O)C1. The number of rotatable bonds is 2. The average molecular weight is 213 g/mol. The van der Waals surface area contributed by atoms with Gasteiger partial charge >= 0.3 is 0 Å². The maximum absolute atomic E-state index is 11.7. The summed E-state index contributed by atoms with van der Waals surface area (Å²) in [5.74, 6) is -0.423. The minimum Gasteiger partial charge on any atom is -0.342 e. The Morgan fingerprint density at radius 1 is 1.53 bits per heavy atom. The highest BCUT2D eigenvalue weighted by atomic mass is 16.7. The molecule has 4 N–H and O–H groups in total. The summed E-state index contributed by atoms with van der Waals surface area (Å²) >= 11 is 0. The topological polar surface area (TPSA) is 93.5 Å². The number of carbonyl (C=O) groups is 2. The summed E-state index contributed by atoms with van der Waals surface area (Å²) in [6, 6.07) is -0.427. The molecule has 1 aliphatic heterocycles. The first-order valence-corrected chi connectivity index (χ1v) is 5.14. The minimum atomic E-state index is -0.547. The van der Waals surface area contributed by atoms with Gasteiger partial charge in [0.2, 0.25) is 5.91 Å². The van der Waals surface area contributed by atoms with Gasteiger partial charge in [-0.25, -0.2) is 5.48 Å². The predicted octanol–water partition coefficient (Wildman–Crippen LogP) is -1.34. The zero-order chi connectivity index (χ0) is 10.8. The van der Waals surface area contributed by atoms with Crippen LogP contribution in [0.25, 0.3) is 0 Å². The van der Waals surface area contributed by atoms with Crippen molar-refractivity contribution in [3.05, 3.63) is 0 Å². The van der Waals surface area contributed by atoms with E-state index >= 15 is 0 Å². The van der Waals surface area contributed by atoms with E-state index in [9.17, 15) is 9.59 Å². The van der Waals surface area contributed by atoms with E-state index in [0.717, 1.165) is 12.8 Å². The maximum atomic E-state index is 11.7. The fourth-order valence-electron chi connectivity index (χ4n) is 1.99. The Balaban J connectivity index is 1.84. The molecule has 2 fully saturated rings. The minimum absolute atomic E-state index is 0.0478. The number of nitrogens with two attached hydrogens (primary N) is 1. The first-order valence-electron chi connectivity index (χ1n) is 5.14. The number of hydrogen-bond acceptors (Lipinski definition) is 4. The van der Waals surface area contributed by atoms with Gasteiger partial charge in [0.1, 0.15) is 12.6 Å². The monoisotopic (exact) mass is 213 g/mol. The van der Waals surface area contributed by atoms with E-state index in [2.05, 4.69) is 10.8 Å². The molecular weight excluding hydrogens is 198 g/mol. The number of hydroxylamine groups is 1. The Hall–Kier alpha value is -1.14. The third-order valence-corrected chi connectivity index (χ3v) is 2.90. The second-order valence-corrected chi connectivity index (χ2v) is 4.11. The van der Waals surface area contributed by atoms with E-state index in [1.54, 1.807) is 0 Å². The summed E-state index contributed by atoms with van der Waals surface area (Å²) < 4.78 is 0. The summed E-state index contributed by atoms with van der Waals surface area (Å²) in [6.45, 7) is 0.198. The molecule has 2 amide bonds. The maximum Gasteiger partial charge on any atom is 0.268 e. The molecule has 1 aliphatic carbocycles. The van der Waals surface area contributed by atoms with Crippen LogP contribution >= 0.6 is 0 Å². The second kappa shape index (κ2) is 4.16. The largest absolute Gasteiger partial charge is 0.342 e. The highest BCUT2D eigenvalue weighted by Crippen LogP contribution is 2.24. The lowest BCUT2D eigenvalue weighted by atomic mass is 10.1. The lowest BCUT2D eigenvalue weighted by Crippen LogP contribution is -2.44. The van der Waals surface area contributed by atoms with E-state index in [1.807, 2.05) is 0 Å². The molecule has 0 radical (unpaired) electrons. The van der Waals surface area contributed by atoms with E-state index in [0.29, 0.717) is 6.42 Å². The Morgan fingerprint density at radius 2 is 2.33 bits per heavy atom.